The van der Waals surface area contributed by atoms with Gasteiger partial charge in [-0.05, 0) is 89.8 Å². The molecule has 17 heteroatoms. The van der Waals surface area contributed by atoms with Gasteiger partial charge in [0, 0.05) is 53.3 Å². The number of hydrogen-bond donors (Lipinski definition) is 2. The molecular formula is C38H42N8O5S4. The van der Waals surface area contributed by atoms with E-state index in [0.717, 1.165) is 73.6 Å². The Balaban J connectivity index is 0.000000170. The van der Waals surface area contributed by atoms with Crippen molar-refractivity contribution >= 4 is 94.1 Å². The van der Waals surface area contributed by atoms with E-state index in [1.165, 1.54) is 46.5 Å². The summed E-state index contributed by atoms with van der Waals surface area (Å²) in [6.45, 7) is 14.9. The average Bonchev–Trinajstić information content (AvgIpc) is 3.87. The van der Waals surface area contributed by atoms with Crippen molar-refractivity contribution in [1.82, 2.24) is 29.7 Å². The van der Waals surface area contributed by atoms with Crippen LogP contribution in [-0.2, 0) is 40.2 Å². The zero-order chi connectivity index (χ0) is 39.2. The molecular weight excluding hydrogens is 777 g/mol. The van der Waals surface area contributed by atoms with Gasteiger partial charge in [0.05, 0.1) is 18.1 Å². The smallest absolute Gasteiger partial charge is 0.410 e. The highest BCUT2D eigenvalue weighted by Gasteiger charge is 2.32. The van der Waals surface area contributed by atoms with E-state index in [4.69, 9.17) is 25.2 Å². The van der Waals surface area contributed by atoms with Crippen molar-refractivity contribution in [3.8, 4) is 21.1 Å². The molecule has 2 aliphatic rings. The summed E-state index contributed by atoms with van der Waals surface area (Å²) in [6.07, 6.45) is 4.37. The highest BCUT2D eigenvalue weighted by Crippen LogP contribution is 2.46. The molecule has 0 atom stereocenters. The first-order valence-corrected chi connectivity index (χ1v) is 21.0. The van der Waals surface area contributed by atoms with Crippen molar-refractivity contribution in [3.63, 3.8) is 0 Å². The first kappa shape index (κ1) is 38.6. The van der Waals surface area contributed by atoms with E-state index < -0.39 is 11.2 Å². The summed E-state index contributed by atoms with van der Waals surface area (Å²) in [5, 5.41) is 6.21. The number of thiophene rings is 2. The number of carbonyl (C=O) groups is 3. The third-order valence-electron chi connectivity index (χ3n) is 8.49. The number of nitrogens with two attached hydrogens (primary N) is 1. The molecule has 0 spiro atoms. The minimum Gasteiger partial charge on any atom is -0.444 e. The van der Waals surface area contributed by atoms with E-state index in [1.54, 1.807) is 33.5 Å². The number of hydrogen-bond acceptors (Lipinski definition) is 14. The van der Waals surface area contributed by atoms with Crippen LogP contribution in [0.15, 0.2) is 36.7 Å². The molecule has 0 unspecified atom stereocenters. The Labute approximate surface area is 334 Å². The number of carbonyl (C=O) groups excluding carboxylic acids is 3. The third-order valence-corrected chi connectivity index (χ3v) is 12.7. The Hall–Kier alpha value is -4.71. The molecule has 0 bridgehead atoms. The van der Waals surface area contributed by atoms with Crippen molar-refractivity contribution in [2.45, 2.75) is 85.6 Å². The van der Waals surface area contributed by atoms with Gasteiger partial charge in [0.2, 0.25) is 5.91 Å². The van der Waals surface area contributed by atoms with Crippen molar-refractivity contribution in [1.29, 1.82) is 0 Å². The molecule has 288 valence electrons. The molecule has 2 aliphatic heterocycles. The molecule has 0 radical (unpaired) electrons. The summed E-state index contributed by atoms with van der Waals surface area (Å²) in [6, 6.07) is 7.64. The summed E-state index contributed by atoms with van der Waals surface area (Å²) in [5.41, 5.74) is 11.3. The lowest BCUT2D eigenvalue weighted by Gasteiger charge is -2.30. The fourth-order valence-corrected chi connectivity index (χ4v) is 10.8. The molecule has 8 rings (SSSR count). The quantitative estimate of drug-likeness (QED) is 0.176. The largest absolute Gasteiger partial charge is 0.444 e. The van der Waals surface area contributed by atoms with Crippen LogP contribution in [0.1, 0.15) is 69.3 Å². The van der Waals surface area contributed by atoms with Gasteiger partial charge in [-0.2, -0.15) is 0 Å². The fraction of sp³-hybridized carbons (Fsp3) is 0.395. The lowest BCUT2D eigenvalue weighted by molar-refractivity contribution is -0.114. The third kappa shape index (κ3) is 8.59. The van der Waals surface area contributed by atoms with Crippen LogP contribution in [0.25, 0.3) is 41.8 Å². The molecule has 0 fully saturated rings. The Morgan fingerprint density at radius 3 is 1.67 bits per heavy atom. The normalized spacial score (nSPS) is 14.2. The molecule has 0 aliphatic carbocycles. The predicted molar refractivity (Wildman–Crippen MR) is 221 cm³/mol. The summed E-state index contributed by atoms with van der Waals surface area (Å²) >= 11 is 6.10. The van der Waals surface area contributed by atoms with Crippen LogP contribution in [0.2, 0.25) is 0 Å². The molecule has 0 saturated heterocycles. The summed E-state index contributed by atoms with van der Waals surface area (Å²) in [4.78, 5) is 62.2. The van der Waals surface area contributed by atoms with Crippen LogP contribution in [0.3, 0.4) is 0 Å². The van der Waals surface area contributed by atoms with Gasteiger partial charge in [0.25, 0.3) is 0 Å². The summed E-state index contributed by atoms with van der Waals surface area (Å²) in [7, 11) is 0. The van der Waals surface area contributed by atoms with Crippen molar-refractivity contribution in [2.24, 2.45) is 0 Å². The molecule has 6 aromatic rings. The van der Waals surface area contributed by atoms with Gasteiger partial charge in [0.1, 0.15) is 46.9 Å². The van der Waals surface area contributed by atoms with Gasteiger partial charge in [-0.3, -0.25) is 4.79 Å². The van der Waals surface area contributed by atoms with Crippen LogP contribution in [-0.4, -0.2) is 72.1 Å². The van der Waals surface area contributed by atoms with Gasteiger partial charge >= 0.3 is 12.2 Å². The van der Waals surface area contributed by atoms with Gasteiger partial charge in [-0.25, -0.2) is 29.5 Å². The number of fused-ring (bicyclic) bond motifs is 4. The lowest BCUT2D eigenvalue weighted by atomic mass is 10.0. The highest BCUT2D eigenvalue weighted by atomic mass is 32.1. The number of nitrogen functional groups attached to an aromatic ring is 1. The maximum Gasteiger partial charge on any atom is 0.410 e. The van der Waals surface area contributed by atoms with Gasteiger partial charge in [-0.1, -0.05) is 22.7 Å². The second kappa shape index (κ2) is 15.1. The van der Waals surface area contributed by atoms with E-state index in [0.29, 0.717) is 32.6 Å². The molecule has 3 N–H and O–H groups in total. The monoisotopic (exact) mass is 818 g/mol. The summed E-state index contributed by atoms with van der Waals surface area (Å²) in [5.74, 6) is -0.131. The second-order valence-corrected chi connectivity index (χ2v) is 19.3. The number of amides is 3. The average molecular weight is 819 g/mol. The van der Waals surface area contributed by atoms with Crippen LogP contribution in [0.4, 0.5) is 19.6 Å². The molecule has 0 saturated carbocycles. The van der Waals surface area contributed by atoms with Crippen LogP contribution in [0, 0.1) is 0 Å². The zero-order valence-corrected chi connectivity index (χ0v) is 34.9. The van der Waals surface area contributed by atoms with E-state index >= 15 is 0 Å². The predicted octanol–water partition coefficient (Wildman–Crippen LogP) is 8.97. The fourth-order valence-electron chi connectivity index (χ4n) is 6.26. The lowest BCUT2D eigenvalue weighted by Crippen LogP contribution is -2.39. The number of anilines is 2. The number of aromatic nitrogens is 4. The molecule has 55 heavy (non-hydrogen) atoms. The van der Waals surface area contributed by atoms with Crippen molar-refractivity contribution in [3.05, 3.63) is 57.5 Å². The number of nitrogens with one attached hydrogen (secondary N) is 1. The van der Waals surface area contributed by atoms with Crippen molar-refractivity contribution in [2.75, 3.05) is 24.1 Å². The Morgan fingerprint density at radius 2 is 1.20 bits per heavy atom. The standard InChI is InChI=1S/C20H22N4O3S2.C18H20N4O2S2/c1-11(25)22-17-15(18-23-13-6-5-8-21-16(13)29-18)12-7-9-24(10-14(12)28-17)19(26)27-20(2,3)4;1-18(2,3)24-17(23)22-8-6-10-12(9-22)25-14(19)13(10)16-21-11-5-4-7-20-15(11)26-16/h5-6,8H,7,9-10H2,1-4H3,(H,22,25);4-5,7H,6,8-9,19H2,1-3H3. The highest BCUT2D eigenvalue weighted by molar-refractivity contribution is 7.23. The maximum absolute atomic E-state index is 12.5. The number of pyridine rings is 2. The first-order chi connectivity index (χ1) is 26.0. The molecule has 0 aromatic carbocycles. The van der Waals surface area contributed by atoms with Crippen molar-refractivity contribution < 1.29 is 23.9 Å². The maximum atomic E-state index is 12.5. The Kier molecular flexibility index (Phi) is 10.6. The number of ether oxygens (including phenoxy) is 2. The Bertz CT molecular complexity index is 2350. The molecule has 13 nitrogen and oxygen atoms in total. The minimum absolute atomic E-state index is 0.131. The number of nitrogens with zero attached hydrogens (tertiary/aromatic N) is 6. The number of thiazole rings is 2. The van der Waals surface area contributed by atoms with Crippen LogP contribution >= 0.6 is 45.3 Å². The molecule has 8 heterocycles. The second-order valence-electron chi connectivity index (χ2n) is 15.1. The minimum atomic E-state index is -0.534. The van der Waals surface area contributed by atoms with Gasteiger partial charge in [-0.15, -0.1) is 22.7 Å². The van der Waals surface area contributed by atoms with Gasteiger partial charge in [0.15, 0.2) is 0 Å². The van der Waals surface area contributed by atoms with E-state index in [9.17, 15) is 14.4 Å². The summed E-state index contributed by atoms with van der Waals surface area (Å²) < 4.78 is 11.0. The molecule has 3 amide bonds. The zero-order valence-electron chi connectivity index (χ0n) is 31.6. The van der Waals surface area contributed by atoms with Gasteiger partial charge < -0.3 is 30.3 Å². The topological polar surface area (TPSA) is 166 Å². The van der Waals surface area contributed by atoms with E-state index in [2.05, 4.69) is 15.3 Å². The Morgan fingerprint density at radius 1 is 0.727 bits per heavy atom. The van der Waals surface area contributed by atoms with E-state index in [1.807, 2.05) is 65.8 Å². The van der Waals surface area contributed by atoms with Crippen LogP contribution < -0.4 is 11.1 Å². The first-order valence-electron chi connectivity index (χ1n) is 17.7. The molecule has 6 aromatic heterocycles. The van der Waals surface area contributed by atoms with Crippen LogP contribution in [0.5, 0.6) is 0 Å². The van der Waals surface area contributed by atoms with E-state index in [-0.39, 0.29) is 18.1 Å². The SMILES string of the molecule is CC(=O)Nc1sc2c(c1-c1nc3cccnc3s1)CCN(C(=O)OC(C)(C)C)C2.CC(C)(C)OC(=O)N1CCc2c(sc(N)c2-c2nc3cccnc3s2)C1. The number of rotatable bonds is 3.